The predicted octanol–water partition coefficient (Wildman–Crippen LogP) is -0.476. The molecule has 1 amide bonds. The molecule has 20 heavy (non-hydrogen) atoms. The summed E-state index contributed by atoms with van der Waals surface area (Å²) in [6.07, 6.45) is -0.465. The molecule has 1 aromatic rings. The second-order valence-electron chi connectivity index (χ2n) is 4.62. The minimum atomic E-state index is -1.34. The van der Waals surface area contributed by atoms with E-state index in [9.17, 15) is 14.7 Å². The van der Waals surface area contributed by atoms with E-state index in [0.717, 1.165) is 17.5 Å². The Kier molecular flexibility index (Phi) is 4.70. The highest BCUT2D eigenvalue weighted by molar-refractivity contribution is 5.84. The molecular weight excluding hydrogens is 260 g/mol. The number of benzene rings is 1. The van der Waals surface area contributed by atoms with E-state index in [-0.39, 0.29) is 12.5 Å². The zero-order valence-corrected chi connectivity index (χ0v) is 11.3. The zero-order chi connectivity index (χ0) is 14.5. The summed E-state index contributed by atoms with van der Waals surface area (Å²) in [5.74, 6) is -1.03. The fraction of sp³-hybridized carbons (Fsp3) is 0.429. The summed E-state index contributed by atoms with van der Waals surface area (Å²) in [7, 11) is 1.19. The maximum absolute atomic E-state index is 12.1. The van der Waals surface area contributed by atoms with Crippen molar-refractivity contribution in [1.29, 1.82) is 0 Å². The van der Waals surface area contributed by atoms with Crippen LogP contribution in [-0.4, -0.2) is 43.3 Å². The molecule has 6 heteroatoms. The molecule has 1 aromatic carbocycles. The van der Waals surface area contributed by atoms with Gasteiger partial charge in [0.25, 0.3) is 0 Å². The normalized spacial score (nSPS) is 18.8. The van der Waals surface area contributed by atoms with Gasteiger partial charge in [-0.1, -0.05) is 24.3 Å². The second-order valence-corrected chi connectivity index (χ2v) is 4.62. The topological polar surface area (TPSA) is 87.7 Å². The quantitative estimate of drug-likeness (QED) is 0.648. The summed E-state index contributed by atoms with van der Waals surface area (Å²) in [5, 5.41) is 15.1. The number of nitrogens with one attached hydrogen (secondary N) is 2. The fourth-order valence-corrected chi connectivity index (χ4v) is 2.26. The van der Waals surface area contributed by atoms with Gasteiger partial charge in [-0.3, -0.25) is 4.79 Å². The second kappa shape index (κ2) is 6.49. The lowest BCUT2D eigenvalue weighted by Crippen LogP contribution is -2.45. The number of fused-ring (bicyclic) bond motifs is 1. The molecule has 0 fully saturated rings. The van der Waals surface area contributed by atoms with Gasteiger partial charge >= 0.3 is 5.97 Å². The van der Waals surface area contributed by atoms with Crippen molar-refractivity contribution in [1.82, 2.24) is 10.6 Å². The van der Waals surface area contributed by atoms with Crippen LogP contribution in [0.1, 0.15) is 17.2 Å². The Labute approximate surface area is 117 Å². The van der Waals surface area contributed by atoms with Crippen LogP contribution in [0.15, 0.2) is 24.3 Å². The van der Waals surface area contributed by atoms with Gasteiger partial charge in [0.05, 0.1) is 13.7 Å². The van der Waals surface area contributed by atoms with Crippen LogP contribution < -0.4 is 10.6 Å². The van der Waals surface area contributed by atoms with Crippen LogP contribution in [0, 0.1) is 0 Å². The van der Waals surface area contributed by atoms with Crippen LogP contribution in [0.2, 0.25) is 0 Å². The Balaban J connectivity index is 1.99. The highest BCUT2D eigenvalue weighted by Gasteiger charge is 2.26. The average Bonchev–Trinajstić information content (AvgIpc) is 2.50. The maximum atomic E-state index is 12.1. The molecule has 0 bridgehead atoms. The molecule has 108 valence electrons. The molecule has 0 radical (unpaired) electrons. The standard InChI is InChI=1S/C14H18N2O4/c1-20-14(19)11(17)8-16-13(18)12-10-5-3-2-4-9(10)6-7-15-12/h2-5,11-12,15,17H,6-8H2,1H3,(H,16,18). The highest BCUT2D eigenvalue weighted by atomic mass is 16.5. The van der Waals surface area contributed by atoms with Crippen molar-refractivity contribution in [2.45, 2.75) is 18.6 Å². The number of hydrogen-bond acceptors (Lipinski definition) is 5. The summed E-state index contributed by atoms with van der Waals surface area (Å²) < 4.78 is 4.39. The molecule has 0 aromatic heterocycles. The largest absolute Gasteiger partial charge is 0.467 e. The maximum Gasteiger partial charge on any atom is 0.336 e. The third-order valence-corrected chi connectivity index (χ3v) is 3.31. The monoisotopic (exact) mass is 278 g/mol. The lowest BCUT2D eigenvalue weighted by molar-refractivity contribution is -0.150. The molecule has 0 saturated heterocycles. The van der Waals surface area contributed by atoms with Gasteiger partial charge in [-0.15, -0.1) is 0 Å². The van der Waals surface area contributed by atoms with Crippen LogP contribution in [0.4, 0.5) is 0 Å². The molecule has 2 unspecified atom stereocenters. The minimum absolute atomic E-state index is 0.161. The van der Waals surface area contributed by atoms with E-state index < -0.39 is 18.1 Å². The molecular formula is C14H18N2O4. The smallest absolute Gasteiger partial charge is 0.336 e. The molecule has 6 nitrogen and oxygen atoms in total. The first-order valence-corrected chi connectivity index (χ1v) is 6.48. The van der Waals surface area contributed by atoms with Crippen molar-refractivity contribution in [3.05, 3.63) is 35.4 Å². The first kappa shape index (κ1) is 14.5. The van der Waals surface area contributed by atoms with Crippen molar-refractivity contribution >= 4 is 11.9 Å². The number of aliphatic hydroxyl groups excluding tert-OH is 1. The molecule has 1 aliphatic rings. The SMILES string of the molecule is COC(=O)C(O)CNC(=O)C1NCCc2ccccc21. The number of hydrogen-bond donors (Lipinski definition) is 3. The number of esters is 1. The molecule has 1 aliphatic heterocycles. The highest BCUT2D eigenvalue weighted by Crippen LogP contribution is 2.22. The van der Waals surface area contributed by atoms with Gasteiger partial charge in [-0.05, 0) is 17.5 Å². The first-order valence-electron chi connectivity index (χ1n) is 6.48. The zero-order valence-electron chi connectivity index (χ0n) is 11.3. The van der Waals surface area contributed by atoms with E-state index in [1.807, 2.05) is 24.3 Å². The Morgan fingerprint density at radius 2 is 2.25 bits per heavy atom. The number of methoxy groups -OCH3 is 1. The summed E-state index contributed by atoms with van der Waals surface area (Å²) in [6.45, 7) is 0.556. The number of amides is 1. The van der Waals surface area contributed by atoms with Crippen LogP contribution in [0.5, 0.6) is 0 Å². The molecule has 2 rings (SSSR count). The van der Waals surface area contributed by atoms with Crippen molar-refractivity contribution in [2.75, 3.05) is 20.2 Å². The molecule has 0 spiro atoms. The van der Waals surface area contributed by atoms with E-state index in [0.29, 0.717) is 6.54 Å². The third-order valence-electron chi connectivity index (χ3n) is 3.31. The predicted molar refractivity (Wildman–Crippen MR) is 71.9 cm³/mol. The van der Waals surface area contributed by atoms with Crippen LogP contribution in [-0.2, 0) is 20.7 Å². The van der Waals surface area contributed by atoms with Crippen molar-refractivity contribution in [3.8, 4) is 0 Å². The summed E-state index contributed by atoms with van der Waals surface area (Å²) in [6, 6.07) is 7.28. The molecule has 3 N–H and O–H groups in total. The average molecular weight is 278 g/mol. The van der Waals surface area contributed by atoms with E-state index >= 15 is 0 Å². The summed E-state index contributed by atoms with van der Waals surface area (Å²) in [4.78, 5) is 23.2. The van der Waals surface area contributed by atoms with Gasteiger partial charge in [-0.2, -0.15) is 0 Å². The third kappa shape index (κ3) is 3.15. The van der Waals surface area contributed by atoms with Gasteiger partial charge in [0.2, 0.25) is 5.91 Å². The fourth-order valence-electron chi connectivity index (χ4n) is 2.26. The van der Waals surface area contributed by atoms with Crippen molar-refractivity contribution in [3.63, 3.8) is 0 Å². The number of ether oxygens (including phenoxy) is 1. The summed E-state index contributed by atoms with van der Waals surface area (Å²) >= 11 is 0. The number of rotatable bonds is 4. The number of aliphatic hydroxyl groups is 1. The van der Waals surface area contributed by atoms with Gasteiger partial charge < -0.3 is 20.5 Å². The van der Waals surface area contributed by atoms with Crippen molar-refractivity contribution < 1.29 is 19.4 Å². The van der Waals surface area contributed by atoms with E-state index in [2.05, 4.69) is 15.4 Å². The lowest BCUT2D eigenvalue weighted by Gasteiger charge is -2.26. The number of carbonyl (C=O) groups excluding carboxylic acids is 2. The Morgan fingerprint density at radius 1 is 1.50 bits per heavy atom. The van der Waals surface area contributed by atoms with Crippen LogP contribution >= 0.6 is 0 Å². The van der Waals surface area contributed by atoms with Gasteiger partial charge in [0.1, 0.15) is 6.04 Å². The number of carbonyl (C=O) groups is 2. The molecule has 0 saturated carbocycles. The lowest BCUT2D eigenvalue weighted by atomic mass is 9.94. The van der Waals surface area contributed by atoms with Gasteiger partial charge in [0.15, 0.2) is 6.10 Å². The summed E-state index contributed by atoms with van der Waals surface area (Å²) in [5.41, 5.74) is 2.07. The first-order chi connectivity index (χ1) is 9.63. The van der Waals surface area contributed by atoms with Crippen LogP contribution in [0.3, 0.4) is 0 Å². The minimum Gasteiger partial charge on any atom is -0.467 e. The molecule has 2 atom stereocenters. The van der Waals surface area contributed by atoms with E-state index in [1.54, 1.807) is 0 Å². The van der Waals surface area contributed by atoms with E-state index in [4.69, 9.17) is 0 Å². The Morgan fingerprint density at radius 3 is 3.00 bits per heavy atom. The Hall–Kier alpha value is -1.92. The molecule has 0 aliphatic carbocycles. The van der Waals surface area contributed by atoms with Crippen LogP contribution in [0.25, 0.3) is 0 Å². The van der Waals surface area contributed by atoms with Gasteiger partial charge in [0, 0.05) is 6.54 Å². The molecule has 1 heterocycles. The van der Waals surface area contributed by atoms with Crippen molar-refractivity contribution in [2.24, 2.45) is 0 Å². The van der Waals surface area contributed by atoms with Gasteiger partial charge in [-0.25, -0.2) is 4.79 Å². The Bertz CT molecular complexity index is 504. The van der Waals surface area contributed by atoms with E-state index in [1.165, 1.54) is 7.11 Å².